The number of carbonyl (C=O) groups excluding carboxylic acids is 1. The van der Waals surface area contributed by atoms with Gasteiger partial charge < -0.3 is 14.8 Å². The standard InChI is InChI=1S/C19H22N4O3S/c1-11-14(12(2)23(3)22-11)9-18(24)21-19-20-15(10-27-19)13-6-7-16(25-4)17(8-13)26-5/h6-8,10H,9H2,1-5H3,(H,20,21,24). The van der Waals surface area contributed by atoms with Crippen LogP contribution in [0.4, 0.5) is 5.13 Å². The summed E-state index contributed by atoms with van der Waals surface area (Å²) in [6.45, 7) is 3.87. The molecular weight excluding hydrogens is 364 g/mol. The number of anilines is 1. The summed E-state index contributed by atoms with van der Waals surface area (Å²) >= 11 is 1.38. The van der Waals surface area contributed by atoms with Crippen LogP contribution >= 0.6 is 11.3 Å². The zero-order valence-electron chi connectivity index (χ0n) is 16.0. The first-order chi connectivity index (χ1) is 12.9. The van der Waals surface area contributed by atoms with Crippen molar-refractivity contribution in [2.75, 3.05) is 19.5 Å². The first-order valence-electron chi connectivity index (χ1n) is 8.39. The van der Waals surface area contributed by atoms with E-state index >= 15 is 0 Å². The minimum Gasteiger partial charge on any atom is -0.493 e. The molecule has 7 nitrogen and oxygen atoms in total. The number of rotatable bonds is 6. The lowest BCUT2D eigenvalue weighted by atomic mass is 10.1. The number of nitrogens with one attached hydrogen (secondary N) is 1. The van der Waals surface area contributed by atoms with Gasteiger partial charge in [0.1, 0.15) is 0 Å². The number of aryl methyl sites for hydroxylation is 2. The summed E-state index contributed by atoms with van der Waals surface area (Å²) in [6.07, 6.45) is 0.275. The summed E-state index contributed by atoms with van der Waals surface area (Å²) in [6, 6.07) is 5.60. The van der Waals surface area contributed by atoms with Crippen molar-refractivity contribution in [3.63, 3.8) is 0 Å². The zero-order valence-corrected chi connectivity index (χ0v) is 16.8. The van der Waals surface area contributed by atoms with Gasteiger partial charge >= 0.3 is 0 Å². The van der Waals surface area contributed by atoms with Crippen LogP contribution in [-0.2, 0) is 18.3 Å². The van der Waals surface area contributed by atoms with Crippen LogP contribution in [0.15, 0.2) is 23.6 Å². The van der Waals surface area contributed by atoms with Crippen molar-refractivity contribution in [1.82, 2.24) is 14.8 Å². The largest absolute Gasteiger partial charge is 0.493 e. The van der Waals surface area contributed by atoms with Gasteiger partial charge in [0.2, 0.25) is 5.91 Å². The van der Waals surface area contributed by atoms with Crippen LogP contribution < -0.4 is 14.8 Å². The SMILES string of the molecule is COc1ccc(-c2csc(NC(=O)Cc3c(C)nn(C)c3C)n2)cc1OC. The number of thiazole rings is 1. The second-order valence-electron chi connectivity index (χ2n) is 6.11. The van der Waals surface area contributed by atoms with E-state index in [9.17, 15) is 4.79 Å². The molecule has 3 rings (SSSR count). The van der Waals surface area contributed by atoms with Gasteiger partial charge in [-0.1, -0.05) is 0 Å². The Morgan fingerprint density at radius 2 is 1.96 bits per heavy atom. The number of benzene rings is 1. The van der Waals surface area contributed by atoms with Gasteiger partial charge in [0.25, 0.3) is 0 Å². The van der Waals surface area contributed by atoms with Gasteiger partial charge in [0.15, 0.2) is 16.6 Å². The van der Waals surface area contributed by atoms with Gasteiger partial charge in [0.05, 0.1) is 32.0 Å². The Kier molecular flexibility index (Phi) is 5.46. The monoisotopic (exact) mass is 386 g/mol. The molecule has 142 valence electrons. The van der Waals surface area contributed by atoms with Gasteiger partial charge in [-0.25, -0.2) is 4.98 Å². The van der Waals surface area contributed by atoms with E-state index in [0.717, 1.165) is 28.2 Å². The normalized spacial score (nSPS) is 10.7. The van der Waals surface area contributed by atoms with E-state index in [0.29, 0.717) is 16.6 Å². The summed E-state index contributed by atoms with van der Waals surface area (Å²) in [5.74, 6) is 1.19. The maximum atomic E-state index is 12.4. The molecule has 0 spiro atoms. The fourth-order valence-electron chi connectivity index (χ4n) is 2.86. The predicted molar refractivity (Wildman–Crippen MR) is 106 cm³/mol. The molecule has 0 aliphatic heterocycles. The Labute approximate surface area is 162 Å². The Balaban J connectivity index is 1.73. The van der Waals surface area contributed by atoms with Gasteiger partial charge in [-0.3, -0.25) is 9.48 Å². The van der Waals surface area contributed by atoms with Crippen LogP contribution in [0, 0.1) is 13.8 Å². The first-order valence-corrected chi connectivity index (χ1v) is 9.27. The van der Waals surface area contributed by atoms with Crippen LogP contribution in [0.1, 0.15) is 17.0 Å². The third-order valence-corrected chi connectivity index (χ3v) is 5.18. The molecule has 27 heavy (non-hydrogen) atoms. The summed E-state index contributed by atoms with van der Waals surface area (Å²) in [5, 5.41) is 9.68. The highest BCUT2D eigenvalue weighted by molar-refractivity contribution is 7.14. The number of aromatic nitrogens is 3. The average molecular weight is 386 g/mol. The van der Waals surface area contributed by atoms with Crippen LogP contribution in [-0.4, -0.2) is 34.9 Å². The number of amides is 1. The van der Waals surface area contributed by atoms with Crippen LogP contribution in [0.2, 0.25) is 0 Å². The van der Waals surface area contributed by atoms with Gasteiger partial charge in [-0.15, -0.1) is 11.3 Å². The van der Waals surface area contributed by atoms with Gasteiger partial charge in [-0.2, -0.15) is 5.10 Å². The van der Waals surface area contributed by atoms with E-state index in [2.05, 4.69) is 15.4 Å². The lowest BCUT2D eigenvalue weighted by Crippen LogP contribution is -2.15. The van der Waals surface area contributed by atoms with Crippen molar-refractivity contribution in [2.45, 2.75) is 20.3 Å². The lowest BCUT2D eigenvalue weighted by molar-refractivity contribution is -0.115. The quantitative estimate of drug-likeness (QED) is 0.703. The minimum absolute atomic E-state index is 0.109. The van der Waals surface area contributed by atoms with Crippen molar-refractivity contribution >= 4 is 22.4 Å². The van der Waals surface area contributed by atoms with Crippen LogP contribution in [0.3, 0.4) is 0 Å². The molecule has 0 saturated carbocycles. The highest BCUT2D eigenvalue weighted by atomic mass is 32.1. The molecule has 0 fully saturated rings. The molecule has 0 aliphatic rings. The van der Waals surface area contributed by atoms with Crippen molar-refractivity contribution in [2.24, 2.45) is 7.05 Å². The molecule has 1 aromatic carbocycles. The Morgan fingerprint density at radius 1 is 1.22 bits per heavy atom. The lowest BCUT2D eigenvalue weighted by Gasteiger charge is -2.08. The number of nitrogens with zero attached hydrogens (tertiary/aromatic N) is 3. The van der Waals surface area contributed by atoms with Crippen molar-refractivity contribution < 1.29 is 14.3 Å². The molecule has 0 aliphatic carbocycles. The molecule has 8 heteroatoms. The van der Waals surface area contributed by atoms with Crippen molar-refractivity contribution in [3.8, 4) is 22.8 Å². The molecule has 1 amide bonds. The maximum absolute atomic E-state index is 12.4. The molecular formula is C19H22N4O3S. The molecule has 0 atom stereocenters. The second kappa shape index (κ2) is 7.79. The summed E-state index contributed by atoms with van der Waals surface area (Å²) in [7, 11) is 5.07. The van der Waals surface area contributed by atoms with Crippen LogP contribution in [0.25, 0.3) is 11.3 Å². The first kappa shape index (κ1) is 18.9. The maximum Gasteiger partial charge on any atom is 0.230 e. The third kappa shape index (κ3) is 3.95. The molecule has 1 N–H and O–H groups in total. The van der Waals surface area contributed by atoms with E-state index in [-0.39, 0.29) is 12.3 Å². The van der Waals surface area contributed by atoms with Gasteiger partial charge in [-0.05, 0) is 32.0 Å². The van der Waals surface area contributed by atoms with E-state index < -0.39 is 0 Å². The Bertz CT molecular complexity index is 977. The number of hydrogen-bond donors (Lipinski definition) is 1. The molecule has 3 aromatic rings. The number of ether oxygens (including phenoxy) is 2. The molecule has 0 saturated heterocycles. The molecule has 2 heterocycles. The van der Waals surface area contributed by atoms with E-state index in [1.165, 1.54) is 11.3 Å². The second-order valence-corrected chi connectivity index (χ2v) is 6.96. The highest BCUT2D eigenvalue weighted by Gasteiger charge is 2.15. The predicted octanol–water partition coefficient (Wildman–Crippen LogP) is 3.36. The van der Waals surface area contributed by atoms with Crippen molar-refractivity contribution in [3.05, 3.63) is 40.5 Å². The smallest absolute Gasteiger partial charge is 0.230 e. The minimum atomic E-state index is -0.109. The number of hydrogen-bond acceptors (Lipinski definition) is 6. The Morgan fingerprint density at radius 3 is 2.59 bits per heavy atom. The molecule has 0 unspecified atom stereocenters. The Hall–Kier alpha value is -2.87. The number of methoxy groups -OCH3 is 2. The summed E-state index contributed by atoms with van der Waals surface area (Å²) in [4.78, 5) is 16.9. The van der Waals surface area contributed by atoms with E-state index in [1.54, 1.807) is 18.9 Å². The molecule has 0 radical (unpaired) electrons. The molecule has 2 aromatic heterocycles. The highest BCUT2D eigenvalue weighted by Crippen LogP contribution is 2.33. The average Bonchev–Trinajstić information content (AvgIpc) is 3.21. The topological polar surface area (TPSA) is 78.3 Å². The van der Waals surface area contributed by atoms with Crippen LogP contribution in [0.5, 0.6) is 11.5 Å². The van der Waals surface area contributed by atoms with Gasteiger partial charge in [0, 0.05) is 29.2 Å². The number of carbonyl (C=O) groups is 1. The van der Waals surface area contributed by atoms with E-state index in [4.69, 9.17) is 9.47 Å². The molecule has 0 bridgehead atoms. The third-order valence-electron chi connectivity index (χ3n) is 4.43. The van der Waals surface area contributed by atoms with E-state index in [1.807, 2.05) is 44.5 Å². The fourth-order valence-corrected chi connectivity index (χ4v) is 3.59. The fraction of sp³-hybridized carbons (Fsp3) is 0.316. The summed E-state index contributed by atoms with van der Waals surface area (Å²) in [5.41, 5.74) is 4.48. The van der Waals surface area contributed by atoms with Crippen molar-refractivity contribution in [1.29, 1.82) is 0 Å². The zero-order chi connectivity index (χ0) is 19.6. The summed E-state index contributed by atoms with van der Waals surface area (Å²) < 4.78 is 12.4.